The molecule has 1 aromatic carbocycles. The van der Waals surface area contributed by atoms with Crippen molar-refractivity contribution in [3.05, 3.63) is 36.1 Å². The summed E-state index contributed by atoms with van der Waals surface area (Å²) in [5.41, 5.74) is 0.382. The monoisotopic (exact) mass is 461 g/mol. The van der Waals surface area contributed by atoms with Gasteiger partial charge in [-0.05, 0) is 37.1 Å². The largest absolute Gasteiger partial charge is 0.367 e. The maximum atomic E-state index is 14.6. The number of para-hydroxylation sites is 1. The first-order valence-electron chi connectivity index (χ1n) is 9.21. The van der Waals surface area contributed by atoms with Crippen molar-refractivity contribution in [2.45, 2.75) is 34.1 Å². The van der Waals surface area contributed by atoms with E-state index in [0.717, 1.165) is 30.0 Å². The van der Waals surface area contributed by atoms with Crippen molar-refractivity contribution in [2.24, 2.45) is 0 Å². The topological polar surface area (TPSA) is 86.8 Å². The molecule has 0 unspecified atom stereocenters. The second-order valence-electron chi connectivity index (χ2n) is 7.00. The summed E-state index contributed by atoms with van der Waals surface area (Å²) in [6, 6.07) is 6.78. The van der Waals surface area contributed by atoms with E-state index in [1.54, 1.807) is 0 Å². The van der Waals surface area contributed by atoms with Gasteiger partial charge in [-0.15, -0.1) is 11.3 Å². The zero-order valence-electron chi connectivity index (χ0n) is 16.3. The molecule has 1 fully saturated rings. The van der Waals surface area contributed by atoms with Crippen LogP contribution in [-0.2, 0) is 20.0 Å². The summed E-state index contributed by atoms with van der Waals surface area (Å²) in [5.74, 6) is -0.492. The van der Waals surface area contributed by atoms with Gasteiger partial charge in [0.15, 0.2) is 0 Å². The van der Waals surface area contributed by atoms with E-state index in [1.165, 1.54) is 44.4 Å². The Labute approximate surface area is 175 Å². The molecular weight excluding hydrogens is 437 g/mol. The predicted molar refractivity (Wildman–Crippen MR) is 113 cm³/mol. The lowest BCUT2D eigenvalue weighted by Gasteiger charge is -2.26. The van der Waals surface area contributed by atoms with Crippen molar-refractivity contribution in [1.29, 1.82) is 0 Å². The molecule has 29 heavy (non-hydrogen) atoms. The van der Waals surface area contributed by atoms with Gasteiger partial charge in [-0.3, -0.25) is 4.72 Å². The van der Waals surface area contributed by atoms with Crippen LogP contribution in [0.4, 0.5) is 15.8 Å². The number of hydrogen-bond donors (Lipinski definition) is 1. The van der Waals surface area contributed by atoms with Gasteiger partial charge in [-0.1, -0.05) is 18.9 Å². The van der Waals surface area contributed by atoms with Gasteiger partial charge >= 0.3 is 0 Å². The second kappa shape index (κ2) is 8.58. The predicted octanol–water partition coefficient (Wildman–Crippen LogP) is 3.32. The Hall–Kier alpha value is -1.69. The van der Waals surface area contributed by atoms with Crippen LogP contribution in [0, 0.1) is 5.82 Å². The Morgan fingerprint density at radius 2 is 1.59 bits per heavy atom. The summed E-state index contributed by atoms with van der Waals surface area (Å²) < 4.78 is 68.1. The molecule has 11 heteroatoms. The third kappa shape index (κ3) is 4.73. The molecule has 2 aromatic rings. The minimum Gasteiger partial charge on any atom is -0.367 e. The summed E-state index contributed by atoms with van der Waals surface area (Å²) in [6.07, 6.45) is 3.95. The van der Waals surface area contributed by atoms with Crippen LogP contribution in [0.1, 0.15) is 25.7 Å². The molecule has 0 spiro atoms. The summed E-state index contributed by atoms with van der Waals surface area (Å²) in [4.78, 5) is 1.87. The van der Waals surface area contributed by atoms with E-state index < -0.39 is 25.9 Å². The van der Waals surface area contributed by atoms with Gasteiger partial charge in [0.05, 0.1) is 11.4 Å². The first-order valence-corrected chi connectivity index (χ1v) is 13.0. The normalized spacial score (nSPS) is 16.1. The van der Waals surface area contributed by atoms with Crippen molar-refractivity contribution < 1.29 is 21.2 Å². The molecule has 1 aromatic heterocycles. The first-order chi connectivity index (χ1) is 13.6. The molecule has 2 heterocycles. The fourth-order valence-electron chi connectivity index (χ4n) is 3.17. The molecule has 3 rings (SSSR count). The molecule has 1 aliphatic heterocycles. The quantitative estimate of drug-likeness (QED) is 0.713. The van der Waals surface area contributed by atoms with Crippen molar-refractivity contribution in [2.75, 3.05) is 36.8 Å². The van der Waals surface area contributed by atoms with E-state index >= 15 is 0 Å². The van der Waals surface area contributed by atoms with Gasteiger partial charge < -0.3 is 4.90 Å². The molecule has 7 nitrogen and oxygen atoms in total. The molecule has 160 valence electrons. The molecular formula is C18H24FN3O4S3. The Morgan fingerprint density at radius 3 is 2.21 bits per heavy atom. The van der Waals surface area contributed by atoms with E-state index in [4.69, 9.17) is 0 Å². The van der Waals surface area contributed by atoms with Crippen molar-refractivity contribution in [1.82, 2.24) is 4.31 Å². The summed E-state index contributed by atoms with van der Waals surface area (Å²) in [7, 11) is -5.05. The van der Waals surface area contributed by atoms with E-state index in [-0.39, 0.29) is 19.8 Å². The highest BCUT2D eigenvalue weighted by Crippen LogP contribution is 2.34. The van der Waals surface area contributed by atoms with Crippen LogP contribution in [0.15, 0.2) is 38.8 Å². The number of thiophene rings is 1. The minimum absolute atomic E-state index is 0.0742. The lowest BCUT2D eigenvalue weighted by atomic mass is 10.2. The fourth-order valence-corrected chi connectivity index (χ4v) is 7.18. The third-order valence-corrected chi connectivity index (χ3v) is 9.93. The SMILES string of the molecule is CN(C)S(=O)(=O)c1ccc(S(=O)(=O)Nc2cccc(F)c2N2CCCCCC2)s1. The molecule has 0 bridgehead atoms. The van der Waals surface area contributed by atoms with Gasteiger partial charge in [0.25, 0.3) is 20.0 Å². The number of nitrogens with zero attached hydrogens (tertiary/aromatic N) is 2. The van der Waals surface area contributed by atoms with Gasteiger partial charge in [-0.25, -0.2) is 25.5 Å². The molecule has 0 amide bonds. The Kier molecular flexibility index (Phi) is 6.51. The van der Waals surface area contributed by atoms with E-state index in [1.807, 2.05) is 4.90 Å². The second-order valence-corrected chi connectivity index (χ2v) is 12.4. The number of halogens is 1. The summed E-state index contributed by atoms with van der Waals surface area (Å²) >= 11 is 0.656. The van der Waals surface area contributed by atoms with Crippen LogP contribution >= 0.6 is 11.3 Å². The average Bonchev–Trinajstić information content (AvgIpc) is 3.02. The zero-order chi connectivity index (χ0) is 21.2. The van der Waals surface area contributed by atoms with E-state index in [9.17, 15) is 21.2 Å². The number of hydrogen-bond acceptors (Lipinski definition) is 6. The van der Waals surface area contributed by atoms with Gasteiger partial charge in [0.2, 0.25) is 0 Å². The van der Waals surface area contributed by atoms with E-state index in [0.29, 0.717) is 24.4 Å². The zero-order valence-corrected chi connectivity index (χ0v) is 18.7. The third-order valence-electron chi connectivity index (χ3n) is 4.71. The molecule has 0 saturated carbocycles. The molecule has 0 aliphatic carbocycles. The smallest absolute Gasteiger partial charge is 0.271 e. The fraction of sp³-hybridized carbons (Fsp3) is 0.444. The first kappa shape index (κ1) is 22.0. The number of benzene rings is 1. The Morgan fingerprint density at radius 1 is 0.966 bits per heavy atom. The van der Waals surface area contributed by atoms with Gasteiger partial charge in [0, 0.05) is 27.2 Å². The van der Waals surface area contributed by atoms with Crippen LogP contribution in [-0.4, -0.2) is 48.3 Å². The Bertz CT molecular complexity index is 1070. The number of rotatable bonds is 6. The highest BCUT2D eigenvalue weighted by atomic mass is 32.3. The van der Waals surface area contributed by atoms with Crippen LogP contribution in [0.2, 0.25) is 0 Å². The van der Waals surface area contributed by atoms with Crippen LogP contribution in [0.5, 0.6) is 0 Å². The van der Waals surface area contributed by atoms with Crippen molar-refractivity contribution in [3.8, 4) is 0 Å². The maximum absolute atomic E-state index is 14.6. The molecule has 1 aliphatic rings. The van der Waals surface area contributed by atoms with Crippen LogP contribution in [0.3, 0.4) is 0 Å². The standard InChI is InChI=1S/C18H24FN3O4S3/c1-21(2)29(25,26)17-11-10-16(27-17)28(23,24)20-15-9-7-8-14(19)18(15)22-12-5-3-4-6-13-22/h7-11,20H,3-6,12-13H2,1-2H3. The highest BCUT2D eigenvalue weighted by Gasteiger charge is 2.26. The molecule has 0 radical (unpaired) electrons. The number of sulfonamides is 2. The van der Waals surface area contributed by atoms with Gasteiger partial charge in [0.1, 0.15) is 14.2 Å². The average molecular weight is 462 g/mol. The van der Waals surface area contributed by atoms with Crippen LogP contribution < -0.4 is 9.62 Å². The molecule has 1 saturated heterocycles. The van der Waals surface area contributed by atoms with Crippen LogP contribution in [0.25, 0.3) is 0 Å². The van der Waals surface area contributed by atoms with Crippen molar-refractivity contribution >= 4 is 42.8 Å². The molecule has 0 atom stereocenters. The lowest BCUT2D eigenvalue weighted by Crippen LogP contribution is -2.26. The highest BCUT2D eigenvalue weighted by molar-refractivity contribution is 7.96. The van der Waals surface area contributed by atoms with Crippen molar-refractivity contribution in [3.63, 3.8) is 0 Å². The Balaban J connectivity index is 1.94. The van der Waals surface area contributed by atoms with Gasteiger partial charge in [-0.2, -0.15) is 0 Å². The number of anilines is 2. The lowest BCUT2D eigenvalue weighted by molar-refractivity contribution is 0.523. The maximum Gasteiger partial charge on any atom is 0.271 e. The molecule has 1 N–H and O–H groups in total. The summed E-state index contributed by atoms with van der Waals surface area (Å²) in [6.45, 7) is 1.31. The summed E-state index contributed by atoms with van der Waals surface area (Å²) in [5, 5.41) is 0. The van der Waals surface area contributed by atoms with E-state index in [2.05, 4.69) is 4.72 Å². The minimum atomic E-state index is -4.07. The number of nitrogens with one attached hydrogen (secondary N) is 1.